The Morgan fingerprint density at radius 1 is 0.941 bits per heavy atom. The number of nitrogens with two attached hydrogens (primary N) is 2. The molecule has 0 aromatic carbocycles. The molecule has 0 saturated heterocycles. The molecular weight excluding hydrogens is 674 g/mol. The van der Waals surface area contributed by atoms with Crippen LogP contribution in [0.4, 0.5) is 0 Å². The van der Waals surface area contributed by atoms with E-state index in [1.165, 1.54) is 27.0 Å². The van der Waals surface area contributed by atoms with Crippen LogP contribution in [0.1, 0.15) is 73.1 Å². The van der Waals surface area contributed by atoms with Crippen LogP contribution in [0.25, 0.3) is 0 Å². The predicted octanol–water partition coefficient (Wildman–Crippen LogP) is -3.98. The third-order valence-electron chi connectivity index (χ3n) is 8.26. The van der Waals surface area contributed by atoms with E-state index in [1.54, 1.807) is 13.8 Å². The molecule has 0 fully saturated rings. The monoisotopic (exact) mass is 727 g/mol. The highest BCUT2D eigenvalue weighted by Gasteiger charge is 2.40. The summed E-state index contributed by atoms with van der Waals surface area (Å²) in [6.45, 7) is 5.77. The highest BCUT2D eigenvalue weighted by Crippen LogP contribution is 2.17. The van der Waals surface area contributed by atoms with Gasteiger partial charge >= 0.3 is 5.97 Å². The molecule has 1 aliphatic heterocycles. The van der Waals surface area contributed by atoms with Gasteiger partial charge in [0.25, 0.3) is 11.8 Å². The topological polar surface area (TPSA) is 328 Å². The number of carboxylic acid groups (broad SMARTS) is 1. The third-order valence-corrected chi connectivity index (χ3v) is 8.26. The number of amides is 6. The van der Waals surface area contributed by atoms with Gasteiger partial charge in [-0.2, -0.15) is 5.10 Å². The summed E-state index contributed by atoms with van der Waals surface area (Å²) in [7, 11) is 0. The van der Waals surface area contributed by atoms with Crippen LogP contribution >= 0.6 is 0 Å². The number of nitrogens with one attached hydrogen (secondary N) is 5. The van der Waals surface area contributed by atoms with Crippen LogP contribution in [-0.4, -0.2) is 135 Å². The maximum absolute atomic E-state index is 13.7. The molecule has 0 aromatic heterocycles. The van der Waals surface area contributed by atoms with Gasteiger partial charge in [0.15, 0.2) is 6.04 Å². The number of aliphatic hydroxyl groups excluding tert-OH is 3. The standard InChI is InChI=1S/C31H53N9O11/c1-6-16(3)22(27(47)37-20(15-43)29(49)50)38-25(45)19(7-2)36-26(46)21-9-8-12-34-40(21)28(48)23(17(4)32)39-24(44)18(5)35-30(51)31(33,10-13-41)11-14-42/h12,17-21,23,41-43H,6-11,13-15,32-33H2,1-5H3,(H,35,51)(H,36,46)(H,37,47)(H,38,45)(H,39,44)(H,49,50). The number of allylic oxidation sites excluding steroid dienone is 1. The fraction of sp³-hybridized carbons (Fsp3) is 0.677. The van der Waals surface area contributed by atoms with E-state index in [4.69, 9.17) is 11.5 Å². The molecular formula is C31H53N9O11. The number of hydrogen-bond acceptors (Lipinski definition) is 13. The number of hydrogen-bond donors (Lipinski definition) is 11. The lowest BCUT2D eigenvalue weighted by molar-refractivity contribution is -0.145. The van der Waals surface area contributed by atoms with E-state index in [2.05, 4.69) is 31.7 Å². The molecule has 0 bridgehead atoms. The fourth-order valence-corrected chi connectivity index (χ4v) is 4.81. The molecule has 51 heavy (non-hydrogen) atoms. The highest BCUT2D eigenvalue weighted by atomic mass is 16.4. The Bertz CT molecular complexity index is 1330. The quantitative estimate of drug-likeness (QED) is 0.0534. The summed E-state index contributed by atoms with van der Waals surface area (Å²) in [5.74, 6) is -6.55. The predicted molar refractivity (Wildman–Crippen MR) is 182 cm³/mol. The summed E-state index contributed by atoms with van der Waals surface area (Å²) >= 11 is 0. The van der Waals surface area contributed by atoms with E-state index >= 15 is 0 Å². The molecule has 0 aliphatic carbocycles. The Balaban J connectivity index is 3.15. The van der Waals surface area contributed by atoms with Crippen molar-refractivity contribution in [3.63, 3.8) is 0 Å². The summed E-state index contributed by atoms with van der Waals surface area (Å²) in [5, 5.41) is 54.0. The number of hydrazone groups is 1. The van der Waals surface area contributed by atoms with E-state index < -0.39 is 103 Å². The van der Waals surface area contributed by atoms with Crippen molar-refractivity contribution in [2.45, 2.75) is 115 Å². The Morgan fingerprint density at radius 3 is 2.04 bits per heavy atom. The number of aliphatic carboxylic acids is 1. The first-order valence-corrected chi connectivity index (χ1v) is 16.6. The molecule has 0 saturated carbocycles. The van der Waals surface area contributed by atoms with Gasteiger partial charge in [0.2, 0.25) is 23.6 Å². The third kappa shape index (κ3) is 12.6. The molecule has 1 aliphatic rings. The lowest BCUT2D eigenvalue weighted by Crippen LogP contribution is -2.63. The minimum absolute atomic E-state index is 0.0405. The number of carboxylic acids is 1. The number of rotatable bonds is 20. The van der Waals surface area contributed by atoms with Crippen LogP contribution < -0.4 is 38.1 Å². The van der Waals surface area contributed by atoms with Crippen molar-refractivity contribution in [3.8, 4) is 0 Å². The summed E-state index contributed by atoms with van der Waals surface area (Å²) in [5.41, 5.74) is 10.6. The van der Waals surface area contributed by atoms with Crippen LogP contribution in [0.15, 0.2) is 16.4 Å². The van der Waals surface area contributed by atoms with Crippen LogP contribution in [0.3, 0.4) is 0 Å². The Morgan fingerprint density at radius 2 is 1.55 bits per heavy atom. The van der Waals surface area contributed by atoms with Crippen LogP contribution in [0, 0.1) is 0 Å². The lowest BCUT2D eigenvalue weighted by atomic mass is 9.91. The van der Waals surface area contributed by atoms with E-state index in [9.17, 15) is 54.0 Å². The van der Waals surface area contributed by atoms with Crippen LogP contribution in [-0.2, 0) is 33.6 Å². The molecule has 0 radical (unpaired) electrons. The maximum atomic E-state index is 13.7. The highest BCUT2D eigenvalue weighted by molar-refractivity contribution is 6.02. The van der Waals surface area contributed by atoms with Gasteiger partial charge in [-0.25, -0.2) is 9.80 Å². The Kier molecular flexibility index (Phi) is 18.3. The van der Waals surface area contributed by atoms with Crippen molar-refractivity contribution in [2.24, 2.45) is 16.6 Å². The Labute approximate surface area is 295 Å². The van der Waals surface area contributed by atoms with Crippen molar-refractivity contribution in [2.75, 3.05) is 19.8 Å². The van der Waals surface area contributed by atoms with E-state index in [-0.39, 0.29) is 37.8 Å². The number of carbonyl (C=O) groups excluding carboxylic acids is 6. The minimum Gasteiger partial charge on any atom is -0.480 e. The molecule has 0 aromatic rings. The molecule has 6 atom stereocenters. The SMILES string of the molecule is CCC(C)=C(NC(=O)C(CC)NC(=O)C1CCC=NN1C(=O)C(NC(=O)C(C)NC(=O)C(N)(CCO)CCO)C(C)N)C(=O)NC(CO)C(=O)O. The minimum atomic E-state index is -1.66. The molecule has 1 rings (SSSR count). The molecule has 13 N–H and O–H groups in total. The molecule has 20 heteroatoms. The number of carbonyl (C=O) groups is 7. The van der Waals surface area contributed by atoms with Crippen molar-refractivity contribution in [1.82, 2.24) is 31.6 Å². The second kappa shape index (κ2) is 21.0. The summed E-state index contributed by atoms with van der Waals surface area (Å²) < 4.78 is 0. The van der Waals surface area contributed by atoms with Crippen LogP contribution in [0.2, 0.25) is 0 Å². The maximum Gasteiger partial charge on any atom is 0.328 e. The van der Waals surface area contributed by atoms with Crippen LogP contribution in [0.5, 0.6) is 0 Å². The lowest BCUT2D eigenvalue weighted by Gasteiger charge is -2.34. The first-order chi connectivity index (χ1) is 23.9. The van der Waals surface area contributed by atoms with Gasteiger partial charge in [0.05, 0.1) is 12.1 Å². The van der Waals surface area contributed by atoms with Gasteiger partial charge in [0, 0.05) is 25.5 Å². The van der Waals surface area contributed by atoms with Gasteiger partial charge in [-0.05, 0) is 64.9 Å². The smallest absolute Gasteiger partial charge is 0.328 e. The molecule has 20 nitrogen and oxygen atoms in total. The van der Waals surface area contributed by atoms with Crippen molar-refractivity contribution < 1.29 is 54.0 Å². The first kappa shape index (κ1) is 44.5. The first-order valence-electron chi connectivity index (χ1n) is 16.6. The van der Waals surface area contributed by atoms with Crippen molar-refractivity contribution in [1.29, 1.82) is 0 Å². The van der Waals surface area contributed by atoms with E-state index in [0.717, 1.165) is 5.01 Å². The van der Waals surface area contributed by atoms with Gasteiger partial charge in [-0.15, -0.1) is 0 Å². The van der Waals surface area contributed by atoms with Gasteiger partial charge in [-0.3, -0.25) is 28.8 Å². The van der Waals surface area contributed by atoms with E-state index in [0.29, 0.717) is 12.0 Å². The average Bonchev–Trinajstić information content (AvgIpc) is 3.09. The number of nitrogens with zero attached hydrogens (tertiary/aromatic N) is 2. The molecule has 6 amide bonds. The number of aliphatic hydroxyl groups is 3. The summed E-state index contributed by atoms with van der Waals surface area (Å²) in [4.78, 5) is 90.6. The average molecular weight is 728 g/mol. The zero-order valence-corrected chi connectivity index (χ0v) is 29.6. The molecule has 288 valence electrons. The Hall–Kier alpha value is -4.50. The van der Waals surface area contributed by atoms with Gasteiger partial charge < -0.3 is 58.5 Å². The summed E-state index contributed by atoms with van der Waals surface area (Å²) in [6.07, 6.45) is 1.72. The van der Waals surface area contributed by atoms with Crippen molar-refractivity contribution >= 4 is 47.6 Å². The molecule has 6 unspecified atom stereocenters. The van der Waals surface area contributed by atoms with Gasteiger partial charge in [-0.1, -0.05) is 13.8 Å². The second-order valence-electron chi connectivity index (χ2n) is 12.2. The van der Waals surface area contributed by atoms with Gasteiger partial charge in [0.1, 0.15) is 29.9 Å². The van der Waals surface area contributed by atoms with E-state index in [1.807, 2.05) is 0 Å². The normalized spacial score (nSPS) is 17.8. The largest absolute Gasteiger partial charge is 0.480 e. The zero-order chi connectivity index (χ0) is 39.1. The molecule has 0 spiro atoms. The zero-order valence-electron chi connectivity index (χ0n) is 29.6. The second-order valence-corrected chi connectivity index (χ2v) is 12.2. The fourth-order valence-electron chi connectivity index (χ4n) is 4.81. The molecule has 1 heterocycles. The summed E-state index contributed by atoms with van der Waals surface area (Å²) in [6, 6.07) is -7.78. The van der Waals surface area contributed by atoms with Crippen molar-refractivity contribution in [3.05, 3.63) is 11.3 Å².